The molecular weight excluding hydrogens is 224 g/mol. The normalized spacial score (nSPS) is 10.6. The highest BCUT2D eigenvalue weighted by Crippen LogP contribution is 2.11. The van der Waals surface area contributed by atoms with Gasteiger partial charge in [0, 0.05) is 0 Å². The van der Waals surface area contributed by atoms with Gasteiger partial charge in [0.05, 0.1) is 12.1 Å². The van der Waals surface area contributed by atoms with Gasteiger partial charge < -0.3 is 9.94 Å². The second-order valence-corrected chi connectivity index (χ2v) is 3.47. The number of fused-ring (bicyclic) bond motifs is 1. The minimum absolute atomic E-state index is 0.208. The zero-order valence-corrected chi connectivity index (χ0v) is 9.29. The Hall–Kier alpha value is -2.24. The molecule has 0 fully saturated rings. The average molecular weight is 236 g/mol. The zero-order valence-electron chi connectivity index (χ0n) is 9.29. The van der Waals surface area contributed by atoms with Gasteiger partial charge >= 0.3 is 11.7 Å². The van der Waals surface area contributed by atoms with Crippen LogP contribution >= 0.6 is 0 Å². The van der Waals surface area contributed by atoms with Crippen LogP contribution in [0.5, 0.6) is 0 Å². The summed E-state index contributed by atoms with van der Waals surface area (Å²) in [7, 11) is 0. The summed E-state index contributed by atoms with van der Waals surface area (Å²) in [5, 5.41) is 9.55. The van der Waals surface area contributed by atoms with E-state index in [1.54, 1.807) is 31.2 Å². The van der Waals surface area contributed by atoms with Crippen molar-refractivity contribution in [3.05, 3.63) is 34.7 Å². The van der Waals surface area contributed by atoms with Crippen molar-refractivity contribution in [1.29, 1.82) is 0 Å². The van der Waals surface area contributed by atoms with E-state index in [1.165, 1.54) is 4.57 Å². The fourth-order valence-electron chi connectivity index (χ4n) is 1.68. The van der Waals surface area contributed by atoms with E-state index >= 15 is 0 Å². The molecule has 0 unspecified atom stereocenters. The van der Waals surface area contributed by atoms with Crippen LogP contribution in [0.2, 0.25) is 0 Å². The monoisotopic (exact) mass is 236 g/mol. The highest BCUT2D eigenvalue weighted by Gasteiger charge is 2.14. The lowest BCUT2D eigenvalue weighted by Gasteiger charge is -2.02. The Bertz CT molecular complexity index is 611. The van der Waals surface area contributed by atoms with Gasteiger partial charge in [0.2, 0.25) is 0 Å². The van der Waals surface area contributed by atoms with Crippen molar-refractivity contribution in [3.8, 4) is 0 Å². The van der Waals surface area contributed by atoms with Crippen LogP contribution in [0.4, 0.5) is 0 Å². The van der Waals surface area contributed by atoms with Crippen molar-refractivity contribution < 1.29 is 14.7 Å². The Morgan fingerprint density at radius 3 is 2.65 bits per heavy atom. The molecule has 0 amide bonds. The van der Waals surface area contributed by atoms with Crippen LogP contribution in [0, 0.1) is 0 Å². The predicted molar refractivity (Wildman–Crippen MR) is 60.0 cm³/mol. The highest BCUT2D eigenvalue weighted by molar-refractivity contribution is 5.78. The number of imidazole rings is 1. The van der Waals surface area contributed by atoms with Crippen molar-refractivity contribution in [2.75, 3.05) is 6.61 Å². The number of carbonyl (C=O) groups excluding carboxylic acids is 1. The van der Waals surface area contributed by atoms with Gasteiger partial charge in [-0.25, -0.2) is 4.79 Å². The fourth-order valence-corrected chi connectivity index (χ4v) is 1.68. The number of benzene rings is 1. The maximum absolute atomic E-state index is 11.7. The highest BCUT2D eigenvalue weighted by atomic mass is 16.5. The van der Waals surface area contributed by atoms with Crippen LogP contribution in [0.25, 0.3) is 11.0 Å². The molecule has 2 aromatic rings. The number of nitrogens with zero attached hydrogens (tertiary/aromatic N) is 2. The van der Waals surface area contributed by atoms with Gasteiger partial charge in [-0.2, -0.15) is 0 Å². The maximum Gasteiger partial charge on any atom is 0.362 e. The lowest BCUT2D eigenvalue weighted by atomic mass is 10.3. The van der Waals surface area contributed by atoms with E-state index in [9.17, 15) is 14.8 Å². The summed E-state index contributed by atoms with van der Waals surface area (Å²) in [6.07, 6.45) is 0. The Balaban J connectivity index is 2.50. The molecule has 0 aliphatic heterocycles. The summed E-state index contributed by atoms with van der Waals surface area (Å²) < 4.78 is 6.47. The molecule has 2 rings (SSSR count). The van der Waals surface area contributed by atoms with E-state index in [1.807, 2.05) is 0 Å². The number of carbonyl (C=O) groups is 1. The van der Waals surface area contributed by atoms with Crippen LogP contribution in [0.15, 0.2) is 29.1 Å². The molecule has 0 radical (unpaired) electrons. The minimum Gasteiger partial charge on any atom is -0.465 e. The third-order valence-electron chi connectivity index (χ3n) is 2.41. The van der Waals surface area contributed by atoms with Crippen LogP contribution in [-0.4, -0.2) is 27.1 Å². The third-order valence-corrected chi connectivity index (χ3v) is 2.41. The first-order valence-corrected chi connectivity index (χ1v) is 5.20. The molecule has 0 bridgehead atoms. The number of aromatic nitrogens is 2. The largest absolute Gasteiger partial charge is 0.465 e. The van der Waals surface area contributed by atoms with E-state index in [0.29, 0.717) is 15.8 Å². The number of rotatable bonds is 3. The van der Waals surface area contributed by atoms with Crippen molar-refractivity contribution in [2.24, 2.45) is 0 Å². The van der Waals surface area contributed by atoms with E-state index in [-0.39, 0.29) is 13.2 Å². The average Bonchev–Trinajstić information content (AvgIpc) is 2.56. The van der Waals surface area contributed by atoms with Crippen molar-refractivity contribution in [2.45, 2.75) is 13.5 Å². The molecule has 0 aliphatic carbocycles. The standard InChI is InChI=1S/C11H12N2O4/c1-2-17-10(14)7-12-8-5-3-4-6-9(8)13(16)11(12)15/h3-6,16H,2,7H2,1H3. The smallest absolute Gasteiger partial charge is 0.362 e. The quantitative estimate of drug-likeness (QED) is 0.625. The first-order chi connectivity index (χ1) is 8.15. The molecular formula is C11H12N2O4. The Morgan fingerprint density at radius 1 is 1.35 bits per heavy atom. The lowest BCUT2D eigenvalue weighted by Crippen LogP contribution is -2.26. The molecule has 0 saturated carbocycles. The summed E-state index contributed by atoms with van der Waals surface area (Å²) in [6, 6.07) is 6.67. The molecule has 0 saturated heterocycles. The molecule has 90 valence electrons. The number of esters is 1. The van der Waals surface area contributed by atoms with Gasteiger partial charge in [-0.05, 0) is 19.1 Å². The number of hydrogen-bond acceptors (Lipinski definition) is 4. The zero-order chi connectivity index (χ0) is 12.4. The Kier molecular flexibility index (Phi) is 2.86. The maximum atomic E-state index is 11.7. The topological polar surface area (TPSA) is 73.5 Å². The van der Waals surface area contributed by atoms with Gasteiger partial charge in [0.1, 0.15) is 12.1 Å². The summed E-state index contributed by atoms with van der Waals surface area (Å²) in [5.41, 5.74) is 0.203. The fraction of sp³-hybridized carbons (Fsp3) is 0.273. The van der Waals surface area contributed by atoms with Crippen LogP contribution in [0.3, 0.4) is 0 Å². The van der Waals surface area contributed by atoms with Crippen LogP contribution < -0.4 is 5.69 Å². The molecule has 0 spiro atoms. The summed E-state index contributed by atoms with van der Waals surface area (Å²) in [6.45, 7) is 1.74. The Morgan fingerprint density at radius 2 is 2.00 bits per heavy atom. The first kappa shape index (κ1) is 11.3. The lowest BCUT2D eigenvalue weighted by molar-refractivity contribution is -0.143. The SMILES string of the molecule is CCOC(=O)Cn1c(=O)n(O)c2ccccc21. The van der Waals surface area contributed by atoms with Crippen molar-refractivity contribution in [1.82, 2.24) is 9.30 Å². The number of hydrogen-bond donors (Lipinski definition) is 1. The number of para-hydroxylation sites is 2. The molecule has 1 aromatic carbocycles. The second-order valence-electron chi connectivity index (χ2n) is 3.47. The van der Waals surface area contributed by atoms with Crippen LogP contribution in [-0.2, 0) is 16.1 Å². The third kappa shape index (κ3) is 1.89. The van der Waals surface area contributed by atoms with Gasteiger partial charge in [0.15, 0.2) is 0 Å². The Labute approximate surface area is 96.6 Å². The minimum atomic E-state index is -0.653. The van der Waals surface area contributed by atoms with Gasteiger partial charge in [-0.15, -0.1) is 4.73 Å². The summed E-state index contributed by atoms with van der Waals surface area (Å²) >= 11 is 0. The van der Waals surface area contributed by atoms with E-state index < -0.39 is 11.7 Å². The van der Waals surface area contributed by atoms with E-state index in [2.05, 4.69) is 0 Å². The molecule has 0 aliphatic rings. The van der Waals surface area contributed by atoms with Gasteiger partial charge in [0.25, 0.3) is 0 Å². The predicted octanol–water partition coefficient (Wildman–Crippen LogP) is 0.603. The molecule has 1 N–H and O–H groups in total. The summed E-state index contributed by atoms with van der Waals surface area (Å²) in [4.78, 5) is 23.0. The van der Waals surface area contributed by atoms with E-state index in [0.717, 1.165) is 0 Å². The van der Waals surface area contributed by atoms with E-state index in [4.69, 9.17) is 4.74 Å². The van der Waals surface area contributed by atoms with Crippen LogP contribution in [0.1, 0.15) is 6.92 Å². The summed E-state index contributed by atoms with van der Waals surface area (Å²) in [5.74, 6) is -0.508. The second kappa shape index (κ2) is 4.32. The van der Waals surface area contributed by atoms with Gasteiger partial charge in [-0.1, -0.05) is 12.1 Å². The molecule has 1 heterocycles. The molecule has 6 nitrogen and oxygen atoms in total. The molecule has 17 heavy (non-hydrogen) atoms. The molecule has 1 aromatic heterocycles. The van der Waals surface area contributed by atoms with Crippen molar-refractivity contribution >= 4 is 17.0 Å². The van der Waals surface area contributed by atoms with Crippen molar-refractivity contribution in [3.63, 3.8) is 0 Å². The first-order valence-electron chi connectivity index (χ1n) is 5.20. The molecule has 0 atom stereocenters. The van der Waals surface area contributed by atoms with Gasteiger partial charge in [-0.3, -0.25) is 9.36 Å². The number of ether oxygens (including phenoxy) is 1. The molecule has 6 heteroatoms.